The van der Waals surface area contributed by atoms with Gasteiger partial charge in [-0.1, -0.05) is 12.1 Å². The minimum Gasteiger partial charge on any atom is -0.480 e. The largest absolute Gasteiger partial charge is 0.480 e. The van der Waals surface area contributed by atoms with E-state index in [1.54, 1.807) is 0 Å². The summed E-state index contributed by atoms with van der Waals surface area (Å²) in [6.07, 6.45) is 0. The molecular weight excluding hydrogens is 254 g/mol. The number of hydrogen-bond donors (Lipinski definition) is 1. The number of rotatable bonds is 4. The lowest BCUT2D eigenvalue weighted by Crippen LogP contribution is -2.41. The van der Waals surface area contributed by atoms with Gasteiger partial charge < -0.3 is 5.11 Å². The van der Waals surface area contributed by atoms with Crippen molar-refractivity contribution in [2.45, 2.75) is 24.3 Å². The summed E-state index contributed by atoms with van der Waals surface area (Å²) >= 11 is 0. The van der Waals surface area contributed by atoms with Crippen LogP contribution in [0.15, 0.2) is 24.3 Å². The van der Waals surface area contributed by atoms with Crippen LogP contribution in [0.2, 0.25) is 0 Å². The van der Waals surface area contributed by atoms with Gasteiger partial charge >= 0.3 is 5.97 Å². The molecule has 0 aliphatic heterocycles. The summed E-state index contributed by atoms with van der Waals surface area (Å²) in [5, 5.41) is 17.5. The van der Waals surface area contributed by atoms with Gasteiger partial charge in [0, 0.05) is 0 Å². The van der Waals surface area contributed by atoms with E-state index in [0.29, 0.717) is 11.1 Å². The fourth-order valence-corrected chi connectivity index (χ4v) is 2.47. The van der Waals surface area contributed by atoms with Crippen LogP contribution in [0.3, 0.4) is 0 Å². The van der Waals surface area contributed by atoms with Crippen molar-refractivity contribution in [3.8, 4) is 6.07 Å². The van der Waals surface area contributed by atoms with Gasteiger partial charge in [0.05, 0.1) is 17.4 Å². The Labute approximate surface area is 106 Å². The average Bonchev–Trinajstić information content (AvgIpc) is 2.29. The number of hydrogen-bond acceptors (Lipinski definition) is 4. The fraction of sp³-hybridized carbons (Fsp3) is 0.333. The molecule has 0 heterocycles. The summed E-state index contributed by atoms with van der Waals surface area (Å²) in [5.41, 5.74) is 0.886. The Morgan fingerprint density at radius 2 is 1.83 bits per heavy atom. The van der Waals surface area contributed by atoms with Crippen LogP contribution in [0.25, 0.3) is 0 Å². The number of carboxylic acid groups (broad SMARTS) is 1. The van der Waals surface area contributed by atoms with Crippen molar-refractivity contribution in [2.24, 2.45) is 0 Å². The van der Waals surface area contributed by atoms with Crippen LogP contribution in [0.4, 0.5) is 0 Å². The molecule has 0 fully saturated rings. The Bertz CT molecular complexity index is 594. The molecule has 5 nitrogen and oxygen atoms in total. The molecule has 96 valence electrons. The zero-order valence-corrected chi connectivity index (χ0v) is 10.9. The molecule has 0 aliphatic carbocycles. The number of benzene rings is 1. The van der Waals surface area contributed by atoms with Gasteiger partial charge in [0.15, 0.2) is 14.6 Å². The zero-order chi connectivity index (χ0) is 14.0. The number of sulfone groups is 1. The molecule has 0 amide bonds. The predicted octanol–water partition coefficient (Wildman–Crippen LogP) is 1.34. The molecule has 0 spiro atoms. The van der Waals surface area contributed by atoms with Crippen molar-refractivity contribution in [3.63, 3.8) is 0 Å². The van der Waals surface area contributed by atoms with E-state index in [4.69, 9.17) is 10.4 Å². The van der Waals surface area contributed by atoms with Gasteiger partial charge in [-0.15, -0.1) is 0 Å². The molecule has 0 unspecified atom stereocenters. The highest BCUT2D eigenvalue weighted by Gasteiger charge is 2.41. The summed E-state index contributed by atoms with van der Waals surface area (Å²) < 4.78 is 22.1. The molecule has 1 N–H and O–H groups in total. The lowest BCUT2D eigenvalue weighted by Gasteiger charge is -2.19. The van der Waals surface area contributed by atoms with E-state index in [1.807, 2.05) is 6.07 Å². The molecular formula is C12H13NO4S. The lowest BCUT2D eigenvalue weighted by atomic mass is 10.2. The third kappa shape index (κ3) is 2.68. The van der Waals surface area contributed by atoms with Gasteiger partial charge in [-0.05, 0) is 31.5 Å². The van der Waals surface area contributed by atoms with Gasteiger partial charge in [-0.2, -0.15) is 5.26 Å². The van der Waals surface area contributed by atoms with E-state index in [2.05, 4.69) is 0 Å². The molecule has 0 atom stereocenters. The molecule has 1 aromatic carbocycles. The van der Waals surface area contributed by atoms with E-state index in [0.717, 1.165) is 13.8 Å². The second-order valence-electron chi connectivity index (χ2n) is 4.38. The Morgan fingerprint density at radius 3 is 2.22 bits per heavy atom. The number of aliphatic carboxylic acids is 1. The average molecular weight is 267 g/mol. The quantitative estimate of drug-likeness (QED) is 0.888. The van der Waals surface area contributed by atoms with E-state index in [9.17, 15) is 13.2 Å². The number of carbonyl (C=O) groups is 1. The van der Waals surface area contributed by atoms with Crippen LogP contribution >= 0.6 is 0 Å². The number of nitriles is 1. The van der Waals surface area contributed by atoms with Gasteiger partial charge in [0.1, 0.15) is 0 Å². The fourth-order valence-electron chi connectivity index (χ4n) is 1.21. The summed E-state index contributed by atoms with van der Waals surface area (Å²) in [7, 11) is -3.81. The highest BCUT2D eigenvalue weighted by Crippen LogP contribution is 2.21. The maximum absolute atomic E-state index is 12.0. The van der Waals surface area contributed by atoms with Crippen molar-refractivity contribution in [1.29, 1.82) is 5.26 Å². The first-order valence-corrected chi connectivity index (χ1v) is 6.80. The van der Waals surface area contributed by atoms with Crippen LogP contribution in [0.5, 0.6) is 0 Å². The molecule has 0 saturated carbocycles. The Hall–Kier alpha value is -1.87. The van der Waals surface area contributed by atoms with Crippen LogP contribution in [-0.4, -0.2) is 24.2 Å². The van der Waals surface area contributed by atoms with E-state index in [1.165, 1.54) is 24.3 Å². The van der Waals surface area contributed by atoms with Crippen molar-refractivity contribution in [1.82, 2.24) is 0 Å². The molecule has 0 saturated heterocycles. The minimum atomic E-state index is -3.81. The molecule has 0 aromatic heterocycles. The van der Waals surface area contributed by atoms with Crippen molar-refractivity contribution in [2.75, 3.05) is 0 Å². The highest BCUT2D eigenvalue weighted by atomic mass is 32.2. The number of nitrogens with zero attached hydrogens (tertiary/aromatic N) is 1. The van der Waals surface area contributed by atoms with Gasteiger partial charge in [-0.25, -0.2) is 8.42 Å². The Morgan fingerprint density at radius 1 is 1.33 bits per heavy atom. The summed E-state index contributed by atoms with van der Waals surface area (Å²) in [6, 6.07) is 7.94. The molecule has 0 aliphatic rings. The van der Waals surface area contributed by atoms with Crippen LogP contribution in [-0.2, 0) is 20.4 Å². The Balaban J connectivity index is 3.03. The topological polar surface area (TPSA) is 95.2 Å². The molecule has 0 bridgehead atoms. The number of carboxylic acids is 1. The zero-order valence-electron chi connectivity index (χ0n) is 10.0. The first-order chi connectivity index (χ1) is 8.20. The molecule has 18 heavy (non-hydrogen) atoms. The van der Waals surface area contributed by atoms with Gasteiger partial charge in [-0.3, -0.25) is 4.79 Å². The summed E-state index contributed by atoms with van der Waals surface area (Å²) in [6.45, 7) is 2.32. The molecule has 1 aromatic rings. The highest BCUT2D eigenvalue weighted by molar-refractivity contribution is 7.92. The SMILES string of the molecule is CC(C)(C(=O)O)S(=O)(=O)Cc1ccc(C#N)cc1. The minimum absolute atomic E-state index is 0.363. The normalized spacial score (nSPS) is 11.8. The monoisotopic (exact) mass is 267 g/mol. The maximum Gasteiger partial charge on any atom is 0.324 e. The molecule has 6 heteroatoms. The lowest BCUT2D eigenvalue weighted by molar-refractivity contribution is -0.139. The maximum atomic E-state index is 12.0. The van der Waals surface area contributed by atoms with E-state index in [-0.39, 0.29) is 5.75 Å². The first-order valence-electron chi connectivity index (χ1n) is 5.15. The third-order valence-electron chi connectivity index (χ3n) is 2.73. The van der Waals surface area contributed by atoms with Gasteiger partial charge in [0.2, 0.25) is 0 Å². The van der Waals surface area contributed by atoms with Crippen LogP contribution < -0.4 is 0 Å². The third-order valence-corrected chi connectivity index (χ3v) is 5.18. The van der Waals surface area contributed by atoms with Crippen LogP contribution in [0.1, 0.15) is 25.0 Å². The van der Waals surface area contributed by atoms with Crippen molar-refractivity contribution in [3.05, 3.63) is 35.4 Å². The van der Waals surface area contributed by atoms with Crippen LogP contribution in [0, 0.1) is 11.3 Å². The standard InChI is InChI=1S/C12H13NO4S/c1-12(2,11(14)15)18(16,17)8-10-5-3-9(7-13)4-6-10/h3-6H,8H2,1-2H3,(H,14,15). The van der Waals surface area contributed by atoms with Gasteiger partial charge in [0.25, 0.3) is 0 Å². The van der Waals surface area contributed by atoms with E-state index >= 15 is 0 Å². The van der Waals surface area contributed by atoms with Crippen molar-refractivity contribution >= 4 is 15.8 Å². The Kier molecular flexibility index (Phi) is 3.77. The predicted molar refractivity (Wildman–Crippen MR) is 65.5 cm³/mol. The molecule has 1 rings (SSSR count). The summed E-state index contributed by atoms with van der Waals surface area (Å²) in [4.78, 5) is 10.9. The second-order valence-corrected chi connectivity index (χ2v) is 6.92. The van der Waals surface area contributed by atoms with Crippen molar-refractivity contribution < 1.29 is 18.3 Å². The summed E-state index contributed by atoms with van der Waals surface area (Å²) in [5.74, 6) is -1.74. The first kappa shape index (κ1) is 14.2. The molecule has 0 radical (unpaired) electrons. The smallest absolute Gasteiger partial charge is 0.324 e. The second kappa shape index (κ2) is 4.78. The van der Waals surface area contributed by atoms with E-state index < -0.39 is 20.6 Å².